The van der Waals surface area contributed by atoms with Gasteiger partial charge >= 0.3 is 0 Å². The summed E-state index contributed by atoms with van der Waals surface area (Å²) >= 11 is 5.88. The second kappa shape index (κ2) is 4.47. The molecule has 112 valence electrons. The van der Waals surface area contributed by atoms with Crippen molar-refractivity contribution in [3.8, 4) is 0 Å². The molecule has 4 aliphatic carbocycles. The van der Waals surface area contributed by atoms with Crippen molar-refractivity contribution in [3.63, 3.8) is 0 Å². The number of anilines is 1. The number of halogens is 1. The second-order valence-electron chi connectivity index (χ2n) is 7.43. The third kappa shape index (κ3) is 2.27. The van der Waals surface area contributed by atoms with E-state index in [1.807, 2.05) is 12.1 Å². The van der Waals surface area contributed by atoms with Gasteiger partial charge in [-0.1, -0.05) is 11.6 Å². The van der Waals surface area contributed by atoms with E-state index in [2.05, 4.69) is 5.32 Å². The lowest BCUT2D eigenvalue weighted by Gasteiger charge is -2.59. The summed E-state index contributed by atoms with van der Waals surface area (Å²) in [4.78, 5) is 12.8. The fraction of sp³-hybridized carbons (Fsp3) is 0.588. The second-order valence-corrected chi connectivity index (χ2v) is 7.86. The van der Waals surface area contributed by atoms with Gasteiger partial charge in [-0.25, -0.2) is 0 Å². The van der Waals surface area contributed by atoms with Crippen LogP contribution in [-0.4, -0.2) is 16.6 Å². The molecule has 0 unspecified atom stereocenters. The average molecular weight is 306 g/mol. The number of hydrogen-bond donors (Lipinski definition) is 2. The van der Waals surface area contributed by atoms with Crippen molar-refractivity contribution in [3.05, 3.63) is 29.3 Å². The molecule has 0 saturated heterocycles. The zero-order valence-electron chi connectivity index (χ0n) is 11.9. The summed E-state index contributed by atoms with van der Waals surface area (Å²) in [6, 6.07) is 7.22. The molecule has 1 aromatic carbocycles. The topological polar surface area (TPSA) is 49.3 Å². The first-order valence-corrected chi connectivity index (χ1v) is 8.14. The summed E-state index contributed by atoms with van der Waals surface area (Å²) in [6.07, 6.45) is 5.47. The highest BCUT2D eigenvalue weighted by Crippen LogP contribution is 2.61. The van der Waals surface area contributed by atoms with Crippen molar-refractivity contribution in [2.75, 3.05) is 5.32 Å². The van der Waals surface area contributed by atoms with Gasteiger partial charge in [0.1, 0.15) is 0 Å². The van der Waals surface area contributed by atoms with E-state index in [1.54, 1.807) is 12.1 Å². The Morgan fingerprint density at radius 3 is 2.33 bits per heavy atom. The van der Waals surface area contributed by atoms with Crippen LogP contribution in [-0.2, 0) is 4.79 Å². The van der Waals surface area contributed by atoms with Crippen molar-refractivity contribution >= 4 is 23.2 Å². The Morgan fingerprint density at radius 1 is 1.14 bits per heavy atom. The van der Waals surface area contributed by atoms with Crippen molar-refractivity contribution in [1.29, 1.82) is 0 Å². The smallest absolute Gasteiger partial charge is 0.230 e. The zero-order valence-corrected chi connectivity index (χ0v) is 12.7. The summed E-state index contributed by atoms with van der Waals surface area (Å²) in [5.41, 5.74) is -0.174. The monoisotopic (exact) mass is 305 g/mol. The SMILES string of the molecule is O=C(Nc1ccc(Cl)cc1)C12C[C@H]3C[C@@H](CC(O)(C3)C1)C2. The predicted molar refractivity (Wildman–Crippen MR) is 82.1 cm³/mol. The summed E-state index contributed by atoms with van der Waals surface area (Å²) in [7, 11) is 0. The molecule has 4 heteroatoms. The first-order valence-electron chi connectivity index (χ1n) is 7.76. The van der Waals surface area contributed by atoms with Gasteiger partial charge in [-0.3, -0.25) is 4.79 Å². The van der Waals surface area contributed by atoms with Crippen LogP contribution >= 0.6 is 11.6 Å². The molecule has 4 saturated carbocycles. The summed E-state index contributed by atoms with van der Waals surface area (Å²) in [5, 5.41) is 14.4. The highest BCUT2D eigenvalue weighted by molar-refractivity contribution is 6.30. The molecule has 0 spiro atoms. The molecule has 1 amide bonds. The minimum atomic E-state index is -0.596. The predicted octanol–water partition coefficient (Wildman–Crippen LogP) is 3.61. The summed E-state index contributed by atoms with van der Waals surface area (Å²) in [6.45, 7) is 0. The number of aliphatic hydroxyl groups is 1. The minimum absolute atomic E-state index is 0.0809. The van der Waals surface area contributed by atoms with Gasteiger partial charge in [-0.2, -0.15) is 0 Å². The number of amides is 1. The van der Waals surface area contributed by atoms with Crippen LogP contribution in [0.2, 0.25) is 5.02 Å². The van der Waals surface area contributed by atoms with E-state index >= 15 is 0 Å². The van der Waals surface area contributed by atoms with E-state index in [0.717, 1.165) is 31.4 Å². The van der Waals surface area contributed by atoms with Crippen LogP contribution in [0.5, 0.6) is 0 Å². The van der Waals surface area contributed by atoms with Crippen molar-refractivity contribution in [2.24, 2.45) is 17.3 Å². The molecular weight excluding hydrogens is 286 g/mol. The van der Waals surface area contributed by atoms with Gasteiger partial charge in [-0.15, -0.1) is 0 Å². The number of nitrogens with one attached hydrogen (secondary N) is 1. The maximum absolute atomic E-state index is 12.8. The maximum Gasteiger partial charge on any atom is 0.230 e. The average Bonchev–Trinajstić information content (AvgIpc) is 2.38. The van der Waals surface area contributed by atoms with Gasteiger partial charge in [-0.05, 0) is 74.6 Å². The zero-order chi connectivity index (χ0) is 14.7. The molecule has 4 aliphatic rings. The molecule has 2 N–H and O–H groups in total. The molecule has 2 atom stereocenters. The van der Waals surface area contributed by atoms with Crippen LogP contribution in [0.3, 0.4) is 0 Å². The first kappa shape index (κ1) is 13.6. The number of carbonyl (C=O) groups excluding carboxylic acids is 1. The van der Waals surface area contributed by atoms with Crippen LogP contribution < -0.4 is 5.32 Å². The third-order valence-electron chi connectivity index (χ3n) is 5.61. The standard InChI is InChI=1S/C17H20ClNO2/c18-13-1-3-14(4-2-13)19-15(20)16-6-11-5-12(7-16)9-17(21,8-11)10-16/h1-4,11-12,21H,5-10H2,(H,19,20)/t11-,12-,16?,17?/m1/s1. The molecule has 3 nitrogen and oxygen atoms in total. The maximum atomic E-state index is 12.8. The Morgan fingerprint density at radius 2 is 1.76 bits per heavy atom. The Labute approximate surface area is 129 Å². The van der Waals surface area contributed by atoms with Gasteiger partial charge in [0.15, 0.2) is 0 Å². The van der Waals surface area contributed by atoms with Gasteiger partial charge in [0.2, 0.25) is 5.91 Å². The van der Waals surface area contributed by atoms with E-state index in [9.17, 15) is 9.90 Å². The fourth-order valence-corrected chi connectivity index (χ4v) is 5.40. The molecule has 5 rings (SSSR count). The van der Waals surface area contributed by atoms with Gasteiger partial charge < -0.3 is 10.4 Å². The molecule has 4 fully saturated rings. The highest BCUT2D eigenvalue weighted by Gasteiger charge is 2.60. The van der Waals surface area contributed by atoms with E-state index in [0.29, 0.717) is 23.3 Å². The molecule has 1 aromatic rings. The van der Waals surface area contributed by atoms with Crippen molar-refractivity contribution in [1.82, 2.24) is 0 Å². The lowest BCUT2D eigenvalue weighted by Crippen LogP contribution is -2.59. The molecule has 0 heterocycles. The summed E-state index contributed by atoms with van der Waals surface area (Å²) in [5.74, 6) is 1.12. The molecular formula is C17H20ClNO2. The molecule has 0 radical (unpaired) electrons. The Bertz CT molecular complexity index is 569. The van der Waals surface area contributed by atoms with E-state index < -0.39 is 5.60 Å². The normalized spacial score (nSPS) is 40.3. The van der Waals surface area contributed by atoms with Crippen LogP contribution in [0.25, 0.3) is 0 Å². The Kier molecular flexibility index (Phi) is 2.89. The number of benzene rings is 1. The largest absolute Gasteiger partial charge is 0.390 e. The number of rotatable bonds is 2. The van der Waals surface area contributed by atoms with Gasteiger partial charge in [0, 0.05) is 10.7 Å². The van der Waals surface area contributed by atoms with E-state index in [1.165, 1.54) is 6.42 Å². The first-order chi connectivity index (χ1) is 9.96. The molecule has 0 aromatic heterocycles. The van der Waals surface area contributed by atoms with Crippen molar-refractivity contribution in [2.45, 2.75) is 44.1 Å². The summed E-state index contributed by atoms with van der Waals surface area (Å²) < 4.78 is 0. The van der Waals surface area contributed by atoms with Crippen LogP contribution in [0.1, 0.15) is 38.5 Å². The van der Waals surface area contributed by atoms with E-state index in [-0.39, 0.29) is 11.3 Å². The Hall–Kier alpha value is -1.06. The Balaban J connectivity index is 1.57. The molecule has 4 bridgehead atoms. The van der Waals surface area contributed by atoms with Gasteiger partial charge in [0.25, 0.3) is 0 Å². The minimum Gasteiger partial charge on any atom is -0.390 e. The lowest BCUT2D eigenvalue weighted by atomic mass is 9.47. The number of carbonyl (C=O) groups is 1. The molecule has 21 heavy (non-hydrogen) atoms. The lowest BCUT2D eigenvalue weighted by molar-refractivity contribution is -0.174. The highest BCUT2D eigenvalue weighted by atomic mass is 35.5. The van der Waals surface area contributed by atoms with Crippen LogP contribution in [0.4, 0.5) is 5.69 Å². The van der Waals surface area contributed by atoms with Crippen LogP contribution in [0, 0.1) is 17.3 Å². The number of hydrogen-bond acceptors (Lipinski definition) is 2. The third-order valence-corrected chi connectivity index (χ3v) is 5.87. The molecule has 0 aliphatic heterocycles. The van der Waals surface area contributed by atoms with Crippen LogP contribution in [0.15, 0.2) is 24.3 Å². The van der Waals surface area contributed by atoms with Gasteiger partial charge in [0.05, 0.1) is 11.0 Å². The van der Waals surface area contributed by atoms with Crippen molar-refractivity contribution < 1.29 is 9.90 Å². The fourth-order valence-electron chi connectivity index (χ4n) is 5.28. The quantitative estimate of drug-likeness (QED) is 0.877. The van der Waals surface area contributed by atoms with E-state index in [4.69, 9.17) is 11.6 Å².